The Bertz CT molecular complexity index is 771. The van der Waals surface area contributed by atoms with Crippen molar-refractivity contribution in [3.63, 3.8) is 0 Å². The van der Waals surface area contributed by atoms with E-state index < -0.39 is 0 Å². The molecule has 0 saturated carbocycles. The SMILES string of the molecule is CO[C@@H]1C[C@@H](c2ncn[nH]2)N(Cc2cc(-c3ccccc3)on2)C1. The van der Waals surface area contributed by atoms with Crippen LogP contribution in [0.5, 0.6) is 0 Å². The third-order valence-electron chi connectivity index (χ3n) is 4.43. The lowest BCUT2D eigenvalue weighted by atomic mass is 10.1. The molecule has 3 aromatic rings. The second kappa shape index (κ2) is 6.54. The number of aromatic amines is 1. The zero-order valence-electron chi connectivity index (χ0n) is 13.4. The van der Waals surface area contributed by atoms with Gasteiger partial charge in [-0.3, -0.25) is 10.00 Å². The van der Waals surface area contributed by atoms with Crippen LogP contribution in [-0.4, -0.2) is 45.0 Å². The molecular weight excluding hydrogens is 306 g/mol. The summed E-state index contributed by atoms with van der Waals surface area (Å²) in [7, 11) is 1.75. The molecule has 2 aromatic heterocycles. The first-order valence-electron chi connectivity index (χ1n) is 7.96. The van der Waals surface area contributed by atoms with Crippen LogP contribution in [0.2, 0.25) is 0 Å². The van der Waals surface area contributed by atoms with Gasteiger partial charge < -0.3 is 9.26 Å². The molecule has 0 radical (unpaired) electrons. The number of likely N-dealkylation sites (tertiary alicyclic amines) is 1. The van der Waals surface area contributed by atoms with Gasteiger partial charge >= 0.3 is 0 Å². The molecule has 3 heterocycles. The van der Waals surface area contributed by atoms with Gasteiger partial charge in [-0.25, -0.2) is 4.98 Å². The van der Waals surface area contributed by atoms with Gasteiger partial charge in [0.05, 0.1) is 17.8 Å². The van der Waals surface area contributed by atoms with Crippen molar-refractivity contribution in [2.24, 2.45) is 0 Å². The topological polar surface area (TPSA) is 80.1 Å². The van der Waals surface area contributed by atoms with Crippen molar-refractivity contribution >= 4 is 0 Å². The van der Waals surface area contributed by atoms with Crippen LogP contribution in [0.3, 0.4) is 0 Å². The van der Waals surface area contributed by atoms with E-state index in [1.54, 1.807) is 7.11 Å². The van der Waals surface area contributed by atoms with Gasteiger partial charge in [-0.15, -0.1) is 0 Å². The Labute approximate surface area is 139 Å². The van der Waals surface area contributed by atoms with Gasteiger partial charge in [0, 0.05) is 31.8 Å². The van der Waals surface area contributed by atoms with Gasteiger partial charge in [-0.2, -0.15) is 5.10 Å². The van der Waals surface area contributed by atoms with Crippen LogP contribution in [-0.2, 0) is 11.3 Å². The highest BCUT2D eigenvalue weighted by Gasteiger charge is 2.35. The summed E-state index contributed by atoms with van der Waals surface area (Å²) in [4.78, 5) is 6.60. The molecule has 24 heavy (non-hydrogen) atoms. The van der Waals surface area contributed by atoms with E-state index in [1.807, 2.05) is 36.4 Å². The number of rotatable bonds is 5. The first-order chi connectivity index (χ1) is 11.8. The van der Waals surface area contributed by atoms with Crippen LogP contribution in [0.25, 0.3) is 11.3 Å². The van der Waals surface area contributed by atoms with Gasteiger partial charge in [0.1, 0.15) is 12.2 Å². The molecule has 0 spiro atoms. The zero-order valence-corrected chi connectivity index (χ0v) is 13.4. The van der Waals surface area contributed by atoms with Crippen molar-refractivity contribution in [2.45, 2.75) is 25.1 Å². The molecule has 0 amide bonds. The van der Waals surface area contributed by atoms with Crippen molar-refractivity contribution in [3.05, 3.63) is 54.2 Å². The summed E-state index contributed by atoms with van der Waals surface area (Å²) in [5, 5.41) is 11.2. The molecule has 4 rings (SSSR count). The van der Waals surface area contributed by atoms with Crippen LogP contribution < -0.4 is 0 Å². The van der Waals surface area contributed by atoms with Crippen LogP contribution >= 0.6 is 0 Å². The number of methoxy groups -OCH3 is 1. The minimum Gasteiger partial charge on any atom is -0.380 e. The molecule has 2 atom stereocenters. The van der Waals surface area contributed by atoms with Crippen molar-refractivity contribution in [2.75, 3.05) is 13.7 Å². The Kier molecular flexibility index (Phi) is 4.10. The number of hydrogen-bond donors (Lipinski definition) is 1. The van der Waals surface area contributed by atoms with Gasteiger partial charge in [0.25, 0.3) is 0 Å². The van der Waals surface area contributed by atoms with Crippen LogP contribution in [0.15, 0.2) is 47.2 Å². The molecule has 7 nitrogen and oxygen atoms in total. The summed E-state index contributed by atoms with van der Waals surface area (Å²) in [6.45, 7) is 1.51. The summed E-state index contributed by atoms with van der Waals surface area (Å²) < 4.78 is 11.0. The molecule has 1 aliphatic rings. The van der Waals surface area contributed by atoms with E-state index >= 15 is 0 Å². The number of ether oxygens (including phenoxy) is 1. The average molecular weight is 325 g/mol. The minimum atomic E-state index is 0.148. The largest absolute Gasteiger partial charge is 0.380 e. The van der Waals surface area contributed by atoms with Crippen LogP contribution in [0, 0.1) is 0 Å². The number of nitrogens with one attached hydrogen (secondary N) is 1. The van der Waals surface area contributed by atoms with Gasteiger partial charge in [0.15, 0.2) is 5.76 Å². The molecule has 1 aromatic carbocycles. The highest BCUT2D eigenvalue weighted by Crippen LogP contribution is 2.32. The van der Waals surface area contributed by atoms with Crippen LogP contribution in [0.4, 0.5) is 0 Å². The fourth-order valence-electron chi connectivity index (χ4n) is 3.20. The van der Waals surface area contributed by atoms with Crippen molar-refractivity contribution in [1.82, 2.24) is 25.2 Å². The molecule has 1 aliphatic heterocycles. The Hall–Kier alpha value is -2.51. The maximum atomic E-state index is 5.53. The molecule has 0 bridgehead atoms. The standard InChI is InChI=1S/C17H19N5O2/c1-23-14-8-15(17-18-11-19-20-17)22(10-14)9-13-7-16(24-21-13)12-5-3-2-4-6-12/h2-7,11,14-15H,8-10H2,1H3,(H,18,19,20)/t14-,15+/m1/s1. The van der Waals surface area contributed by atoms with E-state index in [1.165, 1.54) is 6.33 Å². The number of hydrogen-bond acceptors (Lipinski definition) is 6. The van der Waals surface area contributed by atoms with E-state index in [0.29, 0.717) is 6.54 Å². The van der Waals surface area contributed by atoms with E-state index in [9.17, 15) is 0 Å². The molecule has 7 heteroatoms. The number of H-pyrrole nitrogens is 1. The quantitative estimate of drug-likeness (QED) is 0.776. The molecular formula is C17H19N5O2. The molecule has 0 aliphatic carbocycles. The highest BCUT2D eigenvalue weighted by atomic mass is 16.5. The molecule has 0 unspecified atom stereocenters. The predicted octanol–water partition coefficient (Wildman–Crippen LogP) is 2.42. The van der Waals surface area contributed by atoms with Crippen molar-refractivity contribution in [1.29, 1.82) is 0 Å². The Balaban J connectivity index is 1.52. The maximum absolute atomic E-state index is 5.53. The summed E-state index contributed by atoms with van der Waals surface area (Å²) in [6, 6.07) is 12.1. The lowest BCUT2D eigenvalue weighted by Crippen LogP contribution is -2.25. The second-order valence-electron chi connectivity index (χ2n) is 5.96. The first-order valence-corrected chi connectivity index (χ1v) is 7.96. The van der Waals surface area contributed by atoms with Gasteiger partial charge in [-0.05, 0) is 6.42 Å². The normalized spacial score (nSPS) is 21.4. The molecule has 124 valence electrons. The van der Waals surface area contributed by atoms with E-state index in [4.69, 9.17) is 9.26 Å². The summed E-state index contributed by atoms with van der Waals surface area (Å²) in [6.07, 6.45) is 2.60. The Morgan fingerprint density at radius 1 is 1.33 bits per heavy atom. The fraction of sp³-hybridized carbons (Fsp3) is 0.353. The van der Waals surface area contributed by atoms with Gasteiger partial charge in [0.2, 0.25) is 0 Å². The zero-order chi connectivity index (χ0) is 16.4. The monoisotopic (exact) mass is 325 g/mol. The van der Waals surface area contributed by atoms with Gasteiger partial charge in [-0.1, -0.05) is 35.5 Å². The lowest BCUT2D eigenvalue weighted by Gasteiger charge is -2.20. The van der Waals surface area contributed by atoms with E-state index in [0.717, 1.165) is 35.8 Å². The first kappa shape index (κ1) is 15.0. The van der Waals surface area contributed by atoms with E-state index in [2.05, 4.69) is 25.2 Å². The maximum Gasteiger partial charge on any atom is 0.167 e. The Morgan fingerprint density at radius 3 is 2.96 bits per heavy atom. The third kappa shape index (κ3) is 2.95. The molecule has 1 fully saturated rings. The number of aromatic nitrogens is 4. The predicted molar refractivity (Wildman–Crippen MR) is 86.9 cm³/mol. The second-order valence-corrected chi connectivity index (χ2v) is 5.96. The minimum absolute atomic E-state index is 0.148. The number of nitrogens with zero attached hydrogens (tertiary/aromatic N) is 4. The third-order valence-corrected chi connectivity index (χ3v) is 4.43. The summed E-state index contributed by atoms with van der Waals surface area (Å²) in [5.41, 5.74) is 1.93. The molecule has 1 N–H and O–H groups in total. The summed E-state index contributed by atoms with van der Waals surface area (Å²) >= 11 is 0. The highest BCUT2D eigenvalue weighted by molar-refractivity contribution is 5.56. The smallest absolute Gasteiger partial charge is 0.167 e. The lowest BCUT2D eigenvalue weighted by molar-refractivity contribution is 0.107. The molecule has 1 saturated heterocycles. The fourth-order valence-corrected chi connectivity index (χ4v) is 3.20. The van der Waals surface area contributed by atoms with Crippen LogP contribution in [0.1, 0.15) is 24.0 Å². The van der Waals surface area contributed by atoms with Crippen molar-refractivity contribution in [3.8, 4) is 11.3 Å². The van der Waals surface area contributed by atoms with Crippen molar-refractivity contribution < 1.29 is 9.26 Å². The number of benzene rings is 1. The average Bonchev–Trinajstić information content (AvgIpc) is 3.36. The summed E-state index contributed by atoms with van der Waals surface area (Å²) in [5.74, 6) is 1.64. The van der Waals surface area contributed by atoms with E-state index in [-0.39, 0.29) is 12.1 Å². The Morgan fingerprint density at radius 2 is 2.21 bits per heavy atom.